The summed E-state index contributed by atoms with van der Waals surface area (Å²) in [4.78, 5) is 18.5. The maximum Gasteiger partial charge on any atom is 0.337 e. The fourth-order valence-corrected chi connectivity index (χ4v) is 2.22. The molecule has 0 fully saturated rings. The van der Waals surface area contributed by atoms with Gasteiger partial charge in [0.2, 0.25) is 0 Å². The Balaban J connectivity index is 1.84. The first-order valence-electron chi connectivity index (χ1n) is 6.49. The minimum Gasteiger partial charge on any atom is -0.465 e. The smallest absolute Gasteiger partial charge is 0.337 e. The van der Waals surface area contributed by atoms with Gasteiger partial charge in [0.05, 0.1) is 12.7 Å². The van der Waals surface area contributed by atoms with Gasteiger partial charge in [-0.25, -0.2) is 4.79 Å². The molecule has 0 N–H and O–H groups in total. The van der Waals surface area contributed by atoms with Crippen LogP contribution in [0.15, 0.2) is 46.9 Å². The second kappa shape index (κ2) is 6.15. The van der Waals surface area contributed by atoms with Crippen LogP contribution in [0, 0.1) is 0 Å². The zero-order valence-corrected chi connectivity index (χ0v) is 13.3. The average Bonchev–Trinajstić information content (AvgIpc) is 2.96. The minimum atomic E-state index is -0.414. The molecule has 0 aliphatic carbocycles. The summed E-state index contributed by atoms with van der Waals surface area (Å²) in [5, 5.41) is 7.94. The predicted molar refractivity (Wildman–Crippen MR) is 83.3 cm³/mol. The Hall–Kier alpha value is -2.41. The number of halogens is 1. The van der Waals surface area contributed by atoms with Gasteiger partial charge in [0.1, 0.15) is 17.6 Å². The first-order valence-corrected chi connectivity index (χ1v) is 7.28. The molecule has 6 nitrogen and oxygen atoms in total. The lowest BCUT2D eigenvalue weighted by molar-refractivity contribution is 0.0600. The summed E-state index contributed by atoms with van der Waals surface area (Å²) in [6.07, 6.45) is 0. The molecular weight excluding hydrogens is 350 g/mol. The molecule has 3 rings (SSSR count). The van der Waals surface area contributed by atoms with Gasteiger partial charge < -0.3 is 9.57 Å². The van der Waals surface area contributed by atoms with E-state index in [4.69, 9.17) is 9.57 Å². The van der Waals surface area contributed by atoms with Crippen molar-refractivity contribution in [3.8, 4) is 0 Å². The van der Waals surface area contributed by atoms with Gasteiger partial charge in [0, 0.05) is 4.47 Å². The highest BCUT2D eigenvalue weighted by atomic mass is 79.9. The van der Waals surface area contributed by atoms with Gasteiger partial charge in [-0.2, -0.15) is 0 Å². The Morgan fingerprint density at radius 2 is 2.00 bits per heavy atom. The van der Waals surface area contributed by atoms with Gasteiger partial charge in [-0.3, -0.25) is 0 Å². The molecule has 2 aromatic carbocycles. The van der Waals surface area contributed by atoms with Crippen molar-refractivity contribution >= 4 is 32.9 Å². The number of carbonyl (C=O) groups excluding carboxylic acids is 1. The molecule has 0 spiro atoms. The SMILES string of the molecule is COC(=O)c1ccc2nnn(OCc3ccc(Br)cc3)c2c1. The fourth-order valence-electron chi connectivity index (χ4n) is 1.95. The molecule has 0 atom stereocenters. The van der Waals surface area contributed by atoms with Crippen LogP contribution in [0.25, 0.3) is 11.0 Å². The fraction of sp³-hybridized carbons (Fsp3) is 0.133. The number of aromatic nitrogens is 3. The average molecular weight is 362 g/mol. The highest BCUT2D eigenvalue weighted by Crippen LogP contribution is 2.15. The number of ether oxygens (including phenoxy) is 1. The second-order valence-electron chi connectivity index (χ2n) is 4.56. The quantitative estimate of drug-likeness (QED) is 0.668. The van der Waals surface area contributed by atoms with Gasteiger partial charge in [0.15, 0.2) is 0 Å². The van der Waals surface area contributed by atoms with E-state index in [1.165, 1.54) is 12.0 Å². The van der Waals surface area contributed by atoms with Crippen molar-refractivity contribution in [2.75, 3.05) is 7.11 Å². The van der Waals surface area contributed by atoms with E-state index in [1.54, 1.807) is 18.2 Å². The maximum absolute atomic E-state index is 11.6. The van der Waals surface area contributed by atoms with Crippen LogP contribution in [0.3, 0.4) is 0 Å². The molecule has 0 amide bonds. The van der Waals surface area contributed by atoms with Crippen LogP contribution >= 0.6 is 15.9 Å². The van der Waals surface area contributed by atoms with Crippen molar-refractivity contribution in [2.45, 2.75) is 6.61 Å². The predicted octanol–water partition coefficient (Wildman–Crippen LogP) is 2.61. The normalized spacial score (nSPS) is 10.6. The van der Waals surface area contributed by atoms with E-state index in [1.807, 2.05) is 24.3 Å². The van der Waals surface area contributed by atoms with Crippen LogP contribution in [0.4, 0.5) is 0 Å². The Morgan fingerprint density at radius 1 is 1.23 bits per heavy atom. The summed E-state index contributed by atoms with van der Waals surface area (Å²) in [7, 11) is 1.34. The Bertz CT molecular complexity index is 815. The van der Waals surface area contributed by atoms with Crippen molar-refractivity contribution in [3.63, 3.8) is 0 Å². The topological polar surface area (TPSA) is 66.2 Å². The Morgan fingerprint density at radius 3 is 2.73 bits per heavy atom. The van der Waals surface area contributed by atoms with Crippen molar-refractivity contribution in [1.29, 1.82) is 0 Å². The van der Waals surface area contributed by atoms with E-state index in [2.05, 4.69) is 26.2 Å². The molecule has 0 radical (unpaired) electrons. The van der Waals surface area contributed by atoms with Crippen molar-refractivity contribution in [3.05, 3.63) is 58.1 Å². The van der Waals surface area contributed by atoms with E-state index < -0.39 is 5.97 Å². The van der Waals surface area contributed by atoms with E-state index >= 15 is 0 Å². The first-order chi connectivity index (χ1) is 10.7. The molecule has 0 saturated carbocycles. The summed E-state index contributed by atoms with van der Waals surface area (Å²) in [5.41, 5.74) is 2.67. The molecule has 0 saturated heterocycles. The van der Waals surface area contributed by atoms with Gasteiger partial charge >= 0.3 is 5.97 Å². The summed E-state index contributed by atoms with van der Waals surface area (Å²) in [6, 6.07) is 12.8. The monoisotopic (exact) mass is 361 g/mol. The molecule has 7 heteroatoms. The number of hydrogen-bond donors (Lipinski definition) is 0. The number of benzene rings is 2. The number of carbonyl (C=O) groups is 1. The zero-order chi connectivity index (χ0) is 15.5. The molecule has 22 heavy (non-hydrogen) atoms. The van der Waals surface area contributed by atoms with Gasteiger partial charge in [-0.05, 0) is 41.1 Å². The molecule has 0 bridgehead atoms. The highest BCUT2D eigenvalue weighted by Gasteiger charge is 2.11. The standard InChI is InChI=1S/C15H12BrN3O3/c1-21-15(20)11-4-7-13-14(8-11)19(18-17-13)22-9-10-2-5-12(16)6-3-10/h2-8H,9H2,1H3. The minimum absolute atomic E-state index is 0.341. The molecule has 3 aromatic rings. The van der Waals surface area contributed by atoms with E-state index in [9.17, 15) is 4.79 Å². The van der Waals surface area contributed by atoms with Crippen molar-refractivity contribution in [2.24, 2.45) is 0 Å². The lowest BCUT2D eigenvalue weighted by Gasteiger charge is -2.06. The zero-order valence-electron chi connectivity index (χ0n) is 11.7. The number of nitrogens with zero attached hydrogens (tertiary/aromatic N) is 3. The Labute approximate surface area is 134 Å². The van der Waals surface area contributed by atoms with Gasteiger partial charge in [-0.15, -0.1) is 5.10 Å². The summed E-state index contributed by atoms with van der Waals surface area (Å²) in [5.74, 6) is -0.414. The van der Waals surface area contributed by atoms with Crippen LogP contribution in [0.1, 0.15) is 15.9 Å². The summed E-state index contributed by atoms with van der Waals surface area (Å²) < 4.78 is 5.71. The highest BCUT2D eigenvalue weighted by molar-refractivity contribution is 9.10. The maximum atomic E-state index is 11.6. The third-order valence-corrected chi connectivity index (χ3v) is 3.63. The Kier molecular flexibility index (Phi) is 4.06. The van der Waals surface area contributed by atoms with Crippen LogP contribution < -0.4 is 4.84 Å². The van der Waals surface area contributed by atoms with E-state index in [-0.39, 0.29) is 0 Å². The molecule has 0 unspecified atom stereocenters. The third-order valence-electron chi connectivity index (χ3n) is 3.10. The number of esters is 1. The van der Waals surface area contributed by atoms with Gasteiger partial charge in [0.25, 0.3) is 0 Å². The van der Waals surface area contributed by atoms with Crippen LogP contribution in [-0.4, -0.2) is 28.2 Å². The lowest BCUT2D eigenvalue weighted by atomic mass is 10.2. The number of rotatable bonds is 4. The number of hydrogen-bond acceptors (Lipinski definition) is 5. The number of methoxy groups -OCH3 is 1. The van der Waals surface area contributed by atoms with Gasteiger partial charge in [-0.1, -0.05) is 32.9 Å². The van der Waals surface area contributed by atoms with E-state index in [0.29, 0.717) is 23.2 Å². The molecular formula is C15H12BrN3O3. The first kappa shape index (κ1) is 14.5. The molecule has 112 valence electrons. The summed E-state index contributed by atoms with van der Waals surface area (Å²) >= 11 is 3.38. The van der Waals surface area contributed by atoms with Crippen molar-refractivity contribution in [1.82, 2.24) is 15.2 Å². The van der Waals surface area contributed by atoms with Crippen LogP contribution in [0.2, 0.25) is 0 Å². The molecule has 0 aliphatic rings. The molecule has 0 aliphatic heterocycles. The van der Waals surface area contributed by atoms with Crippen LogP contribution in [-0.2, 0) is 11.3 Å². The second-order valence-corrected chi connectivity index (χ2v) is 5.47. The van der Waals surface area contributed by atoms with Crippen molar-refractivity contribution < 1.29 is 14.4 Å². The molecule has 1 aromatic heterocycles. The third kappa shape index (κ3) is 2.94. The van der Waals surface area contributed by atoms with E-state index in [0.717, 1.165) is 10.0 Å². The molecule has 1 heterocycles. The number of fused-ring (bicyclic) bond motifs is 1. The van der Waals surface area contributed by atoms with Crippen LogP contribution in [0.5, 0.6) is 0 Å². The lowest BCUT2D eigenvalue weighted by Crippen LogP contribution is -2.13. The largest absolute Gasteiger partial charge is 0.465 e. The summed E-state index contributed by atoms with van der Waals surface area (Å²) in [6.45, 7) is 0.341.